The first-order chi connectivity index (χ1) is 14.8. The summed E-state index contributed by atoms with van der Waals surface area (Å²) in [5.74, 6) is 2.35. The van der Waals surface area contributed by atoms with E-state index in [9.17, 15) is 9.59 Å². The number of thioether (sulfide) groups is 1. The van der Waals surface area contributed by atoms with E-state index in [1.807, 2.05) is 20.1 Å². The summed E-state index contributed by atoms with van der Waals surface area (Å²) in [7, 11) is 0. The van der Waals surface area contributed by atoms with Gasteiger partial charge in [-0.3, -0.25) is 9.59 Å². The molecule has 0 N–H and O–H groups in total. The van der Waals surface area contributed by atoms with Crippen LogP contribution in [-0.4, -0.2) is 43.7 Å². The molecule has 6 rings (SSSR count). The molecule has 0 saturated heterocycles. The maximum Gasteiger partial charge on any atom is 0.311 e. The number of aryl methyl sites for hydroxylation is 2. The number of aromatic nitrogens is 4. The second-order valence-electron chi connectivity index (χ2n) is 9.94. The van der Waals surface area contributed by atoms with Crippen LogP contribution in [0.15, 0.2) is 5.16 Å². The number of ether oxygens (including phenoxy) is 1. The number of rotatable bonds is 6. The summed E-state index contributed by atoms with van der Waals surface area (Å²) < 4.78 is 7.36. The molecule has 2 aromatic rings. The molecule has 2 heterocycles. The molecule has 4 aliphatic carbocycles. The lowest BCUT2D eigenvalue weighted by molar-refractivity contribution is -0.164. The van der Waals surface area contributed by atoms with Gasteiger partial charge in [0.05, 0.1) is 6.42 Å². The molecule has 4 saturated carbocycles. The topological polar surface area (TPSA) is 86.5 Å². The van der Waals surface area contributed by atoms with Crippen molar-refractivity contribution in [2.75, 3.05) is 6.26 Å². The third-order valence-electron chi connectivity index (χ3n) is 7.77. The highest BCUT2D eigenvalue weighted by atomic mass is 32.2. The molecule has 166 valence electrons. The molecule has 4 aliphatic rings. The Bertz CT molecular complexity index is 1030. The molecular formula is C23H30N4O3S. The quantitative estimate of drug-likeness (QED) is 0.498. The van der Waals surface area contributed by atoms with E-state index in [1.54, 1.807) is 11.4 Å². The number of carbonyl (C=O) groups is 2. The lowest BCUT2D eigenvalue weighted by Gasteiger charge is -2.56. The minimum absolute atomic E-state index is 0.0769. The van der Waals surface area contributed by atoms with Gasteiger partial charge in [-0.15, -0.1) is 5.10 Å². The fourth-order valence-electron chi connectivity index (χ4n) is 6.81. The van der Waals surface area contributed by atoms with Crippen LogP contribution < -0.4 is 0 Å². The fourth-order valence-corrected chi connectivity index (χ4v) is 7.15. The molecule has 31 heavy (non-hydrogen) atoms. The third kappa shape index (κ3) is 3.56. The van der Waals surface area contributed by atoms with Crippen molar-refractivity contribution < 1.29 is 14.3 Å². The van der Waals surface area contributed by atoms with Gasteiger partial charge >= 0.3 is 5.97 Å². The summed E-state index contributed by atoms with van der Waals surface area (Å²) in [4.78, 5) is 35.1. The van der Waals surface area contributed by atoms with Gasteiger partial charge in [0, 0.05) is 22.4 Å². The standard InChI is InChI=1S/C23H30N4O3S/c1-12-18(13(2)27-21(24-12)25-22(26-27)31-4)8-19(28)30-14(3)20(29)23-9-15-5-16(10-23)7-17(6-15)11-23/h14-17H,5-11H2,1-4H3. The van der Waals surface area contributed by atoms with Crippen molar-refractivity contribution in [1.82, 2.24) is 19.6 Å². The summed E-state index contributed by atoms with van der Waals surface area (Å²) in [5, 5.41) is 5.08. The third-order valence-corrected chi connectivity index (χ3v) is 8.31. The Morgan fingerprint density at radius 2 is 1.74 bits per heavy atom. The van der Waals surface area contributed by atoms with E-state index in [1.165, 1.54) is 31.0 Å². The Morgan fingerprint density at radius 1 is 1.13 bits per heavy atom. The predicted molar refractivity (Wildman–Crippen MR) is 117 cm³/mol. The number of fused-ring (bicyclic) bond motifs is 1. The molecule has 1 unspecified atom stereocenters. The van der Waals surface area contributed by atoms with Crippen molar-refractivity contribution in [3.63, 3.8) is 0 Å². The van der Waals surface area contributed by atoms with Crippen LogP contribution in [0.1, 0.15) is 62.4 Å². The maximum absolute atomic E-state index is 13.4. The number of nitrogens with zero attached hydrogens (tertiary/aromatic N) is 4. The number of Topliss-reactive ketones (excluding diaryl/α,β-unsaturated/α-hetero) is 1. The Balaban J connectivity index is 1.30. The fraction of sp³-hybridized carbons (Fsp3) is 0.696. The van der Waals surface area contributed by atoms with E-state index in [-0.39, 0.29) is 23.6 Å². The van der Waals surface area contributed by atoms with Crippen LogP contribution in [0.4, 0.5) is 0 Å². The highest BCUT2D eigenvalue weighted by Crippen LogP contribution is 2.60. The lowest BCUT2D eigenvalue weighted by atomic mass is 9.48. The number of hydrogen-bond donors (Lipinski definition) is 0. The van der Waals surface area contributed by atoms with Crippen molar-refractivity contribution in [2.45, 2.75) is 77.0 Å². The van der Waals surface area contributed by atoms with Crippen LogP contribution >= 0.6 is 11.8 Å². The molecule has 0 radical (unpaired) electrons. The van der Waals surface area contributed by atoms with Gasteiger partial charge in [-0.1, -0.05) is 11.8 Å². The van der Waals surface area contributed by atoms with Gasteiger partial charge in [-0.05, 0) is 83.3 Å². The summed E-state index contributed by atoms with van der Waals surface area (Å²) in [5.41, 5.74) is 2.09. The summed E-state index contributed by atoms with van der Waals surface area (Å²) in [6, 6.07) is 0. The Morgan fingerprint density at radius 3 is 2.32 bits per heavy atom. The molecule has 0 aliphatic heterocycles. The molecule has 0 amide bonds. The number of ketones is 1. The summed E-state index contributed by atoms with van der Waals surface area (Å²) in [6.07, 6.45) is 8.12. The van der Waals surface area contributed by atoms with Gasteiger partial charge in [0.1, 0.15) is 0 Å². The first-order valence-corrected chi connectivity index (χ1v) is 12.5. The van der Waals surface area contributed by atoms with Crippen LogP contribution in [0.2, 0.25) is 0 Å². The van der Waals surface area contributed by atoms with E-state index >= 15 is 0 Å². The van der Waals surface area contributed by atoms with Gasteiger partial charge in [0.25, 0.3) is 5.78 Å². The van der Waals surface area contributed by atoms with Crippen LogP contribution in [0.3, 0.4) is 0 Å². The minimum atomic E-state index is -0.699. The minimum Gasteiger partial charge on any atom is -0.454 e. The highest BCUT2D eigenvalue weighted by molar-refractivity contribution is 7.98. The highest BCUT2D eigenvalue weighted by Gasteiger charge is 2.55. The molecule has 7 nitrogen and oxygen atoms in total. The predicted octanol–water partition coefficient (Wildman–Crippen LogP) is 3.72. The van der Waals surface area contributed by atoms with E-state index in [2.05, 4.69) is 15.1 Å². The van der Waals surface area contributed by atoms with Crippen molar-refractivity contribution in [2.24, 2.45) is 23.2 Å². The zero-order chi connectivity index (χ0) is 21.9. The molecule has 4 bridgehead atoms. The van der Waals surface area contributed by atoms with E-state index in [0.717, 1.165) is 36.2 Å². The number of esters is 1. The van der Waals surface area contributed by atoms with E-state index in [4.69, 9.17) is 4.74 Å². The van der Waals surface area contributed by atoms with Crippen LogP contribution in [-0.2, 0) is 20.7 Å². The Kier molecular flexibility index (Phi) is 5.11. The molecule has 2 aromatic heterocycles. The number of carbonyl (C=O) groups excluding carboxylic acids is 2. The van der Waals surface area contributed by atoms with Crippen LogP contribution in [0.5, 0.6) is 0 Å². The average molecular weight is 443 g/mol. The van der Waals surface area contributed by atoms with Crippen molar-refractivity contribution >= 4 is 29.3 Å². The smallest absolute Gasteiger partial charge is 0.311 e. The molecule has 4 fully saturated rings. The zero-order valence-corrected chi connectivity index (χ0v) is 19.5. The first-order valence-electron chi connectivity index (χ1n) is 11.3. The second kappa shape index (κ2) is 7.57. The van der Waals surface area contributed by atoms with Gasteiger partial charge in [0.15, 0.2) is 11.9 Å². The monoisotopic (exact) mass is 442 g/mol. The zero-order valence-electron chi connectivity index (χ0n) is 18.7. The van der Waals surface area contributed by atoms with Crippen molar-refractivity contribution in [3.05, 3.63) is 17.0 Å². The summed E-state index contributed by atoms with van der Waals surface area (Å²) in [6.45, 7) is 5.53. The number of hydrogen-bond acceptors (Lipinski definition) is 7. The lowest BCUT2D eigenvalue weighted by Crippen LogP contribution is -2.52. The van der Waals surface area contributed by atoms with Gasteiger partial charge in [0.2, 0.25) is 5.16 Å². The van der Waals surface area contributed by atoms with Crippen molar-refractivity contribution in [1.29, 1.82) is 0 Å². The molecule has 0 aromatic carbocycles. The average Bonchev–Trinajstić information content (AvgIpc) is 3.12. The molecule has 0 spiro atoms. The van der Waals surface area contributed by atoms with Crippen molar-refractivity contribution in [3.8, 4) is 0 Å². The largest absolute Gasteiger partial charge is 0.454 e. The maximum atomic E-state index is 13.4. The summed E-state index contributed by atoms with van der Waals surface area (Å²) >= 11 is 1.45. The van der Waals surface area contributed by atoms with E-state index in [0.29, 0.717) is 28.7 Å². The van der Waals surface area contributed by atoms with Gasteiger partial charge in [-0.25, -0.2) is 9.50 Å². The Labute approximate surface area is 186 Å². The molecule has 1 atom stereocenters. The molecule has 8 heteroatoms. The van der Waals surface area contributed by atoms with Crippen LogP contribution in [0, 0.1) is 37.0 Å². The van der Waals surface area contributed by atoms with E-state index < -0.39 is 6.10 Å². The van der Waals surface area contributed by atoms with Gasteiger partial charge in [-0.2, -0.15) is 4.98 Å². The normalized spacial score (nSPS) is 30.0. The SMILES string of the molecule is CSc1nc2nc(C)c(CC(=O)OC(C)C(=O)C34CC5CC(CC(C5)C3)C4)c(C)n2n1. The van der Waals surface area contributed by atoms with Gasteiger partial charge < -0.3 is 4.74 Å². The second-order valence-corrected chi connectivity index (χ2v) is 10.7. The van der Waals surface area contributed by atoms with Crippen LogP contribution in [0.25, 0.3) is 5.78 Å². The molecular weight excluding hydrogens is 412 g/mol. The Hall–Kier alpha value is -1.96. The first kappa shape index (κ1) is 20.9.